The van der Waals surface area contributed by atoms with Crippen LogP contribution < -0.4 is 10.5 Å². The van der Waals surface area contributed by atoms with Crippen molar-refractivity contribution in [3.63, 3.8) is 0 Å². The third kappa shape index (κ3) is 1.42. The van der Waals surface area contributed by atoms with Gasteiger partial charge in [0.05, 0.1) is 7.11 Å². The highest BCUT2D eigenvalue weighted by Crippen LogP contribution is 2.42. The van der Waals surface area contributed by atoms with Gasteiger partial charge in [-0.15, -0.1) is 0 Å². The Morgan fingerprint density at radius 3 is 2.69 bits per heavy atom. The van der Waals surface area contributed by atoms with E-state index in [4.69, 9.17) is 10.5 Å². The second-order valence-corrected chi connectivity index (χ2v) is 3.68. The van der Waals surface area contributed by atoms with Crippen LogP contribution in [0.1, 0.15) is 23.5 Å². The fourth-order valence-electron chi connectivity index (χ4n) is 1.83. The Hall–Kier alpha value is -1.02. The van der Waals surface area contributed by atoms with Crippen LogP contribution >= 0.6 is 0 Å². The van der Waals surface area contributed by atoms with Crippen molar-refractivity contribution >= 4 is 0 Å². The van der Waals surface area contributed by atoms with Gasteiger partial charge < -0.3 is 10.5 Å². The smallest absolute Gasteiger partial charge is 0.122 e. The molecule has 0 aliphatic heterocycles. The van der Waals surface area contributed by atoms with E-state index in [9.17, 15) is 0 Å². The average molecular weight is 177 g/mol. The van der Waals surface area contributed by atoms with E-state index in [1.165, 1.54) is 11.1 Å². The van der Waals surface area contributed by atoms with Gasteiger partial charge in [0.25, 0.3) is 0 Å². The van der Waals surface area contributed by atoms with Gasteiger partial charge in [-0.05, 0) is 30.5 Å². The summed E-state index contributed by atoms with van der Waals surface area (Å²) in [5.41, 5.74) is 8.41. The zero-order valence-electron chi connectivity index (χ0n) is 8.08. The number of ether oxygens (including phenoxy) is 1. The summed E-state index contributed by atoms with van der Waals surface area (Å²) < 4.78 is 5.26. The third-order valence-corrected chi connectivity index (χ3v) is 2.79. The molecule has 1 aromatic carbocycles. The lowest BCUT2D eigenvalue weighted by atomic mass is 10.0. The van der Waals surface area contributed by atoms with Crippen LogP contribution in [-0.2, 0) is 0 Å². The van der Waals surface area contributed by atoms with Crippen molar-refractivity contribution in [1.29, 1.82) is 0 Å². The molecule has 0 saturated heterocycles. The van der Waals surface area contributed by atoms with Gasteiger partial charge in [-0.3, -0.25) is 0 Å². The van der Waals surface area contributed by atoms with Crippen molar-refractivity contribution in [2.24, 2.45) is 5.73 Å². The predicted molar refractivity (Wildman–Crippen MR) is 53.1 cm³/mol. The molecule has 1 saturated carbocycles. The first-order chi connectivity index (χ1) is 6.24. The molecule has 2 heteroatoms. The van der Waals surface area contributed by atoms with Gasteiger partial charge in [0.2, 0.25) is 0 Å². The highest BCUT2D eigenvalue weighted by atomic mass is 16.5. The molecule has 0 aromatic heterocycles. The molecule has 2 N–H and O–H groups in total. The van der Waals surface area contributed by atoms with E-state index in [2.05, 4.69) is 13.0 Å². The maximum atomic E-state index is 5.82. The van der Waals surface area contributed by atoms with Crippen molar-refractivity contribution in [1.82, 2.24) is 0 Å². The number of benzene rings is 1. The van der Waals surface area contributed by atoms with Gasteiger partial charge in [-0.1, -0.05) is 12.1 Å². The molecule has 0 radical (unpaired) electrons. The predicted octanol–water partition coefficient (Wildman–Crippen LogP) is 1.82. The molecule has 0 bridgehead atoms. The average Bonchev–Trinajstić information content (AvgIpc) is 2.83. The summed E-state index contributed by atoms with van der Waals surface area (Å²) >= 11 is 0. The normalized spacial score (nSPS) is 25.8. The van der Waals surface area contributed by atoms with Crippen molar-refractivity contribution in [3.8, 4) is 5.75 Å². The minimum atomic E-state index is 0.366. The summed E-state index contributed by atoms with van der Waals surface area (Å²) in [5, 5.41) is 0. The monoisotopic (exact) mass is 177 g/mol. The summed E-state index contributed by atoms with van der Waals surface area (Å²) in [6.07, 6.45) is 1.12. The third-order valence-electron chi connectivity index (χ3n) is 2.79. The van der Waals surface area contributed by atoms with Gasteiger partial charge in [0.1, 0.15) is 5.75 Å². The highest BCUT2D eigenvalue weighted by Gasteiger charge is 2.36. The van der Waals surface area contributed by atoms with E-state index in [1.807, 2.05) is 12.1 Å². The zero-order chi connectivity index (χ0) is 9.42. The summed E-state index contributed by atoms with van der Waals surface area (Å²) in [5.74, 6) is 1.53. The van der Waals surface area contributed by atoms with E-state index in [1.54, 1.807) is 7.11 Å². The van der Waals surface area contributed by atoms with Crippen LogP contribution in [0.2, 0.25) is 0 Å². The molecule has 1 aromatic rings. The molecule has 2 rings (SSSR count). The van der Waals surface area contributed by atoms with Crippen LogP contribution in [0, 0.1) is 6.92 Å². The lowest BCUT2D eigenvalue weighted by Crippen LogP contribution is -2.02. The molecule has 2 nitrogen and oxygen atoms in total. The topological polar surface area (TPSA) is 35.2 Å². The lowest BCUT2D eigenvalue weighted by molar-refractivity contribution is 0.411. The van der Waals surface area contributed by atoms with E-state index >= 15 is 0 Å². The molecule has 1 aliphatic carbocycles. The van der Waals surface area contributed by atoms with Crippen molar-refractivity contribution < 1.29 is 4.74 Å². The summed E-state index contributed by atoms with van der Waals surface area (Å²) in [7, 11) is 1.71. The quantitative estimate of drug-likeness (QED) is 0.747. The Morgan fingerprint density at radius 1 is 1.46 bits per heavy atom. The lowest BCUT2D eigenvalue weighted by Gasteiger charge is -2.09. The first kappa shape index (κ1) is 8.57. The second kappa shape index (κ2) is 3.04. The Morgan fingerprint density at radius 2 is 2.15 bits per heavy atom. The first-order valence-electron chi connectivity index (χ1n) is 4.63. The number of rotatable bonds is 2. The number of methoxy groups -OCH3 is 1. The molecule has 1 aliphatic rings. The maximum Gasteiger partial charge on any atom is 0.122 e. The number of nitrogens with two attached hydrogens (primary N) is 1. The van der Waals surface area contributed by atoms with Crippen LogP contribution in [0.15, 0.2) is 18.2 Å². The van der Waals surface area contributed by atoms with E-state index in [0.717, 1.165) is 12.2 Å². The molecule has 70 valence electrons. The van der Waals surface area contributed by atoms with E-state index in [0.29, 0.717) is 12.0 Å². The van der Waals surface area contributed by atoms with Gasteiger partial charge in [-0.25, -0.2) is 0 Å². The van der Waals surface area contributed by atoms with Crippen molar-refractivity contribution in [3.05, 3.63) is 29.3 Å². The first-order valence-corrected chi connectivity index (χ1v) is 4.63. The Bertz CT molecular complexity index is 322. The van der Waals surface area contributed by atoms with Gasteiger partial charge in [0.15, 0.2) is 0 Å². The summed E-state index contributed by atoms with van der Waals surface area (Å²) in [6, 6.07) is 6.54. The Kier molecular flexibility index (Phi) is 2.00. The standard InChI is InChI=1S/C11H15NO/c1-7-8(9-6-10(9)12)4-3-5-11(7)13-2/h3-5,9-10H,6,12H2,1-2H3/t9-,10+/m0/s1. The van der Waals surface area contributed by atoms with E-state index < -0.39 is 0 Å². The van der Waals surface area contributed by atoms with Crippen LogP contribution in [0.4, 0.5) is 0 Å². The number of hydrogen-bond acceptors (Lipinski definition) is 2. The molecule has 0 amide bonds. The van der Waals surface area contributed by atoms with Crippen molar-refractivity contribution in [2.75, 3.05) is 7.11 Å². The molecule has 0 heterocycles. The fraction of sp³-hybridized carbons (Fsp3) is 0.455. The van der Waals surface area contributed by atoms with Crippen LogP contribution in [0.5, 0.6) is 5.75 Å². The Balaban J connectivity index is 2.35. The minimum absolute atomic E-state index is 0.366. The molecule has 2 atom stereocenters. The molecule has 0 unspecified atom stereocenters. The minimum Gasteiger partial charge on any atom is -0.496 e. The SMILES string of the molecule is COc1cccc([C@@H]2C[C@H]2N)c1C. The highest BCUT2D eigenvalue weighted by molar-refractivity contribution is 5.43. The largest absolute Gasteiger partial charge is 0.496 e. The fourth-order valence-corrected chi connectivity index (χ4v) is 1.83. The summed E-state index contributed by atoms with van der Waals surface area (Å²) in [4.78, 5) is 0. The van der Waals surface area contributed by atoms with Crippen LogP contribution in [0.3, 0.4) is 0 Å². The Labute approximate surface area is 78.7 Å². The molecular weight excluding hydrogens is 162 g/mol. The van der Waals surface area contributed by atoms with Gasteiger partial charge >= 0.3 is 0 Å². The molecule has 0 spiro atoms. The summed E-state index contributed by atoms with van der Waals surface area (Å²) in [6.45, 7) is 2.10. The second-order valence-electron chi connectivity index (χ2n) is 3.68. The molecular formula is C11H15NO. The molecule has 1 fully saturated rings. The maximum absolute atomic E-state index is 5.82. The zero-order valence-corrected chi connectivity index (χ0v) is 8.08. The van der Waals surface area contributed by atoms with Gasteiger partial charge in [-0.2, -0.15) is 0 Å². The van der Waals surface area contributed by atoms with Gasteiger partial charge in [0, 0.05) is 12.0 Å². The van der Waals surface area contributed by atoms with Crippen LogP contribution in [0.25, 0.3) is 0 Å². The van der Waals surface area contributed by atoms with Crippen molar-refractivity contribution in [2.45, 2.75) is 25.3 Å². The van der Waals surface area contributed by atoms with E-state index in [-0.39, 0.29) is 0 Å². The number of hydrogen-bond donors (Lipinski definition) is 1. The van der Waals surface area contributed by atoms with Crippen LogP contribution in [-0.4, -0.2) is 13.2 Å². The molecule has 13 heavy (non-hydrogen) atoms.